The Hall–Kier alpha value is -0.810. The lowest BCUT2D eigenvalue weighted by atomic mass is 10.0. The van der Waals surface area contributed by atoms with Gasteiger partial charge in [0.05, 0.1) is 6.10 Å². The lowest BCUT2D eigenvalue weighted by Crippen LogP contribution is -2.40. The highest BCUT2D eigenvalue weighted by molar-refractivity contribution is 6.30. The molecule has 114 valence electrons. The predicted octanol–water partition coefficient (Wildman–Crippen LogP) is 2.55. The van der Waals surface area contributed by atoms with Crippen LogP contribution in [-0.2, 0) is 9.53 Å². The predicted molar refractivity (Wildman–Crippen MR) is 84.3 cm³/mol. The molecule has 0 aliphatic heterocycles. The lowest BCUT2D eigenvalue weighted by molar-refractivity contribution is -0.125. The zero-order valence-electron chi connectivity index (χ0n) is 11.9. The molecule has 0 bridgehead atoms. The fourth-order valence-electron chi connectivity index (χ4n) is 1.61. The minimum Gasteiger partial charge on any atom is -0.375 e. The minimum atomic E-state index is -0.220. The molecular formula is C14H22Cl2N2O2. The molecule has 1 aromatic rings. The SMILES string of the molecule is COC(CNC(=O)C(C)C(C)N)c1ccc(Cl)cc1.Cl. The summed E-state index contributed by atoms with van der Waals surface area (Å²) in [6, 6.07) is 7.21. The van der Waals surface area contributed by atoms with Gasteiger partial charge in [-0.05, 0) is 24.6 Å². The van der Waals surface area contributed by atoms with Crippen LogP contribution in [0.25, 0.3) is 0 Å². The van der Waals surface area contributed by atoms with Gasteiger partial charge in [-0.15, -0.1) is 12.4 Å². The number of nitrogens with two attached hydrogens (primary N) is 1. The molecule has 0 radical (unpaired) electrons. The number of hydrogen-bond acceptors (Lipinski definition) is 3. The smallest absolute Gasteiger partial charge is 0.224 e. The zero-order valence-corrected chi connectivity index (χ0v) is 13.5. The van der Waals surface area contributed by atoms with Gasteiger partial charge in [0.1, 0.15) is 0 Å². The first-order valence-electron chi connectivity index (χ1n) is 6.27. The number of nitrogens with one attached hydrogen (secondary N) is 1. The van der Waals surface area contributed by atoms with Gasteiger partial charge in [0.15, 0.2) is 0 Å². The van der Waals surface area contributed by atoms with Crippen LogP contribution >= 0.6 is 24.0 Å². The van der Waals surface area contributed by atoms with Crippen molar-refractivity contribution < 1.29 is 9.53 Å². The van der Waals surface area contributed by atoms with Crippen LogP contribution in [0.4, 0.5) is 0 Å². The Labute approximate surface area is 131 Å². The second kappa shape index (κ2) is 9.19. The maximum Gasteiger partial charge on any atom is 0.224 e. The van der Waals surface area contributed by atoms with Crippen LogP contribution in [0.3, 0.4) is 0 Å². The fraction of sp³-hybridized carbons (Fsp3) is 0.500. The van der Waals surface area contributed by atoms with E-state index < -0.39 is 0 Å². The number of rotatable bonds is 6. The molecule has 0 saturated heterocycles. The van der Waals surface area contributed by atoms with Crippen molar-refractivity contribution in [1.29, 1.82) is 0 Å². The zero-order chi connectivity index (χ0) is 14.4. The summed E-state index contributed by atoms with van der Waals surface area (Å²) in [6.07, 6.45) is -0.193. The quantitative estimate of drug-likeness (QED) is 0.846. The van der Waals surface area contributed by atoms with Crippen LogP contribution in [0.5, 0.6) is 0 Å². The Morgan fingerprint density at radius 3 is 2.35 bits per heavy atom. The van der Waals surface area contributed by atoms with E-state index in [2.05, 4.69) is 5.32 Å². The third kappa shape index (κ3) is 5.67. The van der Waals surface area contributed by atoms with Crippen LogP contribution in [0, 0.1) is 5.92 Å². The van der Waals surface area contributed by atoms with Crippen LogP contribution in [0.2, 0.25) is 5.02 Å². The molecule has 1 rings (SSSR count). The Morgan fingerprint density at radius 2 is 1.90 bits per heavy atom. The van der Waals surface area contributed by atoms with Gasteiger partial charge in [-0.3, -0.25) is 4.79 Å². The van der Waals surface area contributed by atoms with E-state index in [-0.39, 0.29) is 36.4 Å². The first kappa shape index (κ1) is 19.2. The van der Waals surface area contributed by atoms with Crippen LogP contribution in [-0.4, -0.2) is 25.6 Å². The molecule has 0 aromatic heterocycles. The number of ether oxygens (including phenoxy) is 1. The van der Waals surface area contributed by atoms with Gasteiger partial charge in [-0.1, -0.05) is 30.7 Å². The summed E-state index contributed by atoms with van der Waals surface area (Å²) in [5.74, 6) is -0.284. The van der Waals surface area contributed by atoms with Crippen molar-refractivity contribution in [1.82, 2.24) is 5.32 Å². The number of benzene rings is 1. The number of hydrogen-bond donors (Lipinski definition) is 2. The van der Waals surface area contributed by atoms with E-state index in [1.807, 2.05) is 26.0 Å². The molecule has 0 fully saturated rings. The Kier molecular flexibility index (Phi) is 8.81. The van der Waals surface area contributed by atoms with E-state index in [1.54, 1.807) is 19.2 Å². The van der Waals surface area contributed by atoms with E-state index in [4.69, 9.17) is 22.1 Å². The number of amides is 1. The molecule has 0 aliphatic rings. The molecule has 0 spiro atoms. The summed E-state index contributed by atoms with van der Waals surface area (Å²) >= 11 is 5.84. The van der Waals surface area contributed by atoms with Gasteiger partial charge in [0.2, 0.25) is 5.91 Å². The van der Waals surface area contributed by atoms with Crippen molar-refractivity contribution >= 4 is 29.9 Å². The van der Waals surface area contributed by atoms with Crippen molar-refractivity contribution in [3.8, 4) is 0 Å². The molecular weight excluding hydrogens is 299 g/mol. The maximum atomic E-state index is 11.8. The first-order chi connectivity index (χ1) is 8.95. The van der Waals surface area contributed by atoms with Gasteiger partial charge in [-0.25, -0.2) is 0 Å². The summed E-state index contributed by atoms with van der Waals surface area (Å²) in [5.41, 5.74) is 6.67. The average molecular weight is 321 g/mol. The molecule has 1 amide bonds. The molecule has 3 N–H and O–H groups in total. The molecule has 0 heterocycles. The maximum absolute atomic E-state index is 11.8. The van der Waals surface area contributed by atoms with Gasteiger partial charge in [0.25, 0.3) is 0 Å². The second-order valence-corrected chi connectivity index (χ2v) is 5.11. The Morgan fingerprint density at radius 1 is 1.35 bits per heavy atom. The summed E-state index contributed by atoms with van der Waals surface area (Å²) in [6.45, 7) is 4.04. The standard InChI is InChI=1S/C14H21ClN2O2.ClH/c1-9(10(2)16)14(18)17-8-13(19-3)11-4-6-12(15)7-5-11;/h4-7,9-10,13H,8,16H2,1-3H3,(H,17,18);1H. The number of methoxy groups -OCH3 is 1. The van der Waals surface area contributed by atoms with Gasteiger partial charge >= 0.3 is 0 Å². The van der Waals surface area contributed by atoms with Crippen molar-refractivity contribution in [3.05, 3.63) is 34.9 Å². The molecule has 1 aromatic carbocycles. The summed E-state index contributed by atoms with van der Waals surface area (Å²) in [4.78, 5) is 11.8. The number of halogens is 2. The molecule has 0 aliphatic carbocycles. The van der Waals surface area contributed by atoms with E-state index in [9.17, 15) is 4.79 Å². The van der Waals surface area contributed by atoms with Crippen molar-refractivity contribution in [2.45, 2.75) is 26.0 Å². The third-order valence-electron chi connectivity index (χ3n) is 3.19. The van der Waals surface area contributed by atoms with Crippen molar-refractivity contribution in [2.75, 3.05) is 13.7 Å². The van der Waals surface area contributed by atoms with Crippen LogP contribution in [0.1, 0.15) is 25.5 Å². The lowest BCUT2D eigenvalue weighted by Gasteiger charge is -2.20. The van der Waals surface area contributed by atoms with Gasteiger partial charge in [0, 0.05) is 30.6 Å². The van der Waals surface area contributed by atoms with Gasteiger partial charge < -0.3 is 15.8 Å². The third-order valence-corrected chi connectivity index (χ3v) is 3.44. The summed E-state index contributed by atoms with van der Waals surface area (Å²) in [7, 11) is 1.61. The first-order valence-corrected chi connectivity index (χ1v) is 6.65. The molecule has 0 saturated carbocycles. The molecule has 6 heteroatoms. The molecule has 20 heavy (non-hydrogen) atoms. The van der Waals surface area contributed by atoms with Crippen molar-refractivity contribution in [3.63, 3.8) is 0 Å². The van der Waals surface area contributed by atoms with E-state index in [1.165, 1.54) is 0 Å². The fourth-order valence-corrected chi connectivity index (χ4v) is 1.73. The minimum absolute atomic E-state index is 0. The highest BCUT2D eigenvalue weighted by Gasteiger charge is 2.18. The molecule has 3 atom stereocenters. The monoisotopic (exact) mass is 320 g/mol. The largest absolute Gasteiger partial charge is 0.375 e. The van der Waals surface area contributed by atoms with Gasteiger partial charge in [-0.2, -0.15) is 0 Å². The Balaban J connectivity index is 0.00000361. The highest BCUT2D eigenvalue weighted by atomic mass is 35.5. The Bertz CT molecular complexity index is 410. The molecule has 4 nitrogen and oxygen atoms in total. The normalized spacial score (nSPS) is 14.8. The second-order valence-electron chi connectivity index (χ2n) is 4.67. The van der Waals surface area contributed by atoms with Crippen LogP contribution < -0.4 is 11.1 Å². The topological polar surface area (TPSA) is 64.3 Å². The van der Waals surface area contributed by atoms with E-state index in [0.29, 0.717) is 11.6 Å². The van der Waals surface area contributed by atoms with E-state index in [0.717, 1.165) is 5.56 Å². The summed E-state index contributed by atoms with van der Waals surface area (Å²) in [5, 5.41) is 3.53. The number of carbonyl (C=O) groups is 1. The molecule has 3 unspecified atom stereocenters. The highest BCUT2D eigenvalue weighted by Crippen LogP contribution is 2.18. The number of carbonyl (C=O) groups excluding carboxylic acids is 1. The van der Waals surface area contributed by atoms with E-state index >= 15 is 0 Å². The average Bonchev–Trinajstić information content (AvgIpc) is 2.40. The van der Waals surface area contributed by atoms with Crippen molar-refractivity contribution in [2.24, 2.45) is 11.7 Å². The summed E-state index contributed by atoms with van der Waals surface area (Å²) < 4.78 is 5.38. The van der Waals surface area contributed by atoms with Crippen LogP contribution in [0.15, 0.2) is 24.3 Å².